The lowest BCUT2D eigenvalue weighted by Crippen LogP contribution is -3.13. The molecule has 1 aliphatic heterocycles. The molecular weight excluding hydrogens is 354 g/mol. The predicted molar refractivity (Wildman–Crippen MR) is 96.8 cm³/mol. The summed E-state index contributed by atoms with van der Waals surface area (Å²) in [4.78, 5) is 17.8. The molecule has 0 bridgehead atoms. The molecule has 0 amide bonds. The quantitative estimate of drug-likeness (QED) is 0.537. The number of aromatic nitrogens is 3. The number of nitrogens with zero attached hydrogens (tertiary/aromatic N) is 4. The zero-order valence-electron chi connectivity index (χ0n) is 14.4. The zero-order valence-corrected chi connectivity index (χ0v) is 15.2. The molecule has 1 fully saturated rings. The minimum absolute atomic E-state index is 0.0728. The summed E-state index contributed by atoms with van der Waals surface area (Å²) in [5.74, 6) is 0.738. The van der Waals surface area contributed by atoms with Crippen molar-refractivity contribution in [3.63, 3.8) is 0 Å². The number of quaternary nitrogens is 1. The number of nitrogens with one attached hydrogen (secondary N) is 1. The Balaban J connectivity index is 1.80. The van der Waals surface area contributed by atoms with Gasteiger partial charge in [0.15, 0.2) is 6.04 Å². The van der Waals surface area contributed by atoms with Crippen molar-refractivity contribution in [3.8, 4) is 5.88 Å². The molecule has 1 saturated heterocycles. The lowest BCUT2D eigenvalue weighted by Gasteiger charge is -2.31. The van der Waals surface area contributed by atoms with Gasteiger partial charge in [0.1, 0.15) is 10.7 Å². The monoisotopic (exact) mass is 374 g/mol. The van der Waals surface area contributed by atoms with Crippen molar-refractivity contribution >= 4 is 22.0 Å². The maximum absolute atomic E-state index is 11.0. The minimum atomic E-state index is -0.393. The normalized spacial score (nSPS) is 16.8. The second kappa shape index (κ2) is 6.65. The van der Waals surface area contributed by atoms with E-state index in [9.17, 15) is 15.2 Å². The number of hydrogen-bond acceptors (Lipinski definition) is 6. The predicted octanol–water partition coefficient (Wildman–Crippen LogP) is 1.87. The van der Waals surface area contributed by atoms with Crippen molar-refractivity contribution in [1.82, 2.24) is 14.6 Å². The Hall–Kier alpha value is -2.52. The van der Waals surface area contributed by atoms with Crippen molar-refractivity contribution in [2.75, 3.05) is 13.1 Å². The Kier molecular flexibility index (Phi) is 4.33. The van der Waals surface area contributed by atoms with Gasteiger partial charge in [-0.3, -0.25) is 10.1 Å². The first-order chi connectivity index (χ1) is 12.5. The summed E-state index contributed by atoms with van der Waals surface area (Å²) in [6, 6.07) is 6.58. The molecule has 0 spiro atoms. The number of benzene rings is 1. The van der Waals surface area contributed by atoms with E-state index in [1.807, 2.05) is 0 Å². The largest absolute Gasteiger partial charge is 0.492 e. The second-order valence-corrected chi connectivity index (χ2v) is 7.65. The number of thiazole rings is 1. The SMILES string of the molecule is Cc1nc2sc([C@H](c3ccc([N+](=O)[O-])cc3)[NH+]3CCCCC3)c(O)n2n1. The lowest BCUT2D eigenvalue weighted by molar-refractivity contribution is -0.929. The number of rotatable bonds is 4. The van der Waals surface area contributed by atoms with Crippen LogP contribution in [0.15, 0.2) is 24.3 Å². The van der Waals surface area contributed by atoms with E-state index in [-0.39, 0.29) is 17.6 Å². The molecule has 8 nitrogen and oxygen atoms in total. The summed E-state index contributed by atoms with van der Waals surface area (Å²) in [7, 11) is 0. The minimum Gasteiger partial charge on any atom is -0.492 e. The summed E-state index contributed by atoms with van der Waals surface area (Å²) in [6.45, 7) is 3.81. The Morgan fingerprint density at radius 2 is 1.96 bits per heavy atom. The van der Waals surface area contributed by atoms with Crippen LogP contribution in [0.4, 0.5) is 5.69 Å². The van der Waals surface area contributed by atoms with Gasteiger partial charge in [-0.25, -0.2) is 4.98 Å². The van der Waals surface area contributed by atoms with Crippen LogP contribution in [0.2, 0.25) is 0 Å². The standard InChI is InChI=1S/C17H19N5O3S/c1-11-18-17-21(19-11)16(23)15(26-17)14(20-9-3-2-4-10-20)12-5-7-13(8-6-12)22(24)25/h5-8,14,23H,2-4,9-10H2,1H3/p+1/t14-/m0/s1. The van der Waals surface area contributed by atoms with Crippen molar-refractivity contribution in [2.45, 2.75) is 32.2 Å². The Bertz CT molecular complexity index is 943. The molecule has 1 aromatic carbocycles. The summed E-state index contributed by atoms with van der Waals surface area (Å²) in [5, 5.41) is 26.0. The number of non-ortho nitro benzene ring substituents is 1. The third kappa shape index (κ3) is 2.93. The van der Waals surface area contributed by atoms with E-state index >= 15 is 0 Å². The average Bonchev–Trinajstić information content (AvgIpc) is 3.14. The first-order valence-electron chi connectivity index (χ1n) is 8.68. The molecule has 0 aliphatic carbocycles. The molecule has 4 rings (SSSR count). The van der Waals surface area contributed by atoms with Gasteiger partial charge in [-0.2, -0.15) is 4.52 Å². The highest BCUT2D eigenvalue weighted by molar-refractivity contribution is 7.17. The summed E-state index contributed by atoms with van der Waals surface area (Å²) < 4.78 is 1.48. The average molecular weight is 374 g/mol. The smallest absolute Gasteiger partial charge is 0.269 e. The number of fused-ring (bicyclic) bond motifs is 1. The van der Waals surface area contributed by atoms with Gasteiger partial charge in [-0.1, -0.05) is 11.3 Å². The fourth-order valence-electron chi connectivity index (χ4n) is 3.69. The lowest BCUT2D eigenvalue weighted by atomic mass is 10.00. The molecule has 3 aromatic rings. The van der Waals surface area contributed by atoms with Gasteiger partial charge < -0.3 is 10.0 Å². The number of piperidine rings is 1. The number of hydrogen-bond donors (Lipinski definition) is 2. The van der Waals surface area contributed by atoms with Crippen LogP contribution in [0, 0.1) is 17.0 Å². The molecule has 9 heteroatoms. The number of nitro groups is 1. The molecule has 26 heavy (non-hydrogen) atoms. The summed E-state index contributed by atoms with van der Waals surface area (Å²) >= 11 is 1.44. The van der Waals surface area contributed by atoms with Gasteiger partial charge in [-0.05, 0) is 38.3 Å². The number of aromatic hydroxyl groups is 1. The van der Waals surface area contributed by atoms with E-state index in [1.54, 1.807) is 19.1 Å². The highest BCUT2D eigenvalue weighted by Gasteiger charge is 2.33. The molecule has 0 radical (unpaired) electrons. The molecule has 136 valence electrons. The molecule has 0 unspecified atom stereocenters. The van der Waals surface area contributed by atoms with Crippen LogP contribution in [0.1, 0.15) is 41.6 Å². The van der Waals surface area contributed by atoms with E-state index in [1.165, 1.54) is 39.3 Å². The Morgan fingerprint density at radius 1 is 1.27 bits per heavy atom. The van der Waals surface area contributed by atoms with Gasteiger partial charge in [0, 0.05) is 17.7 Å². The molecule has 1 aliphatic rings. The number of nitro benzene ring substituents is 1. The van der Waals surface area contributed by atoms with Crippen molar-refractivity contribution in [3.05, 3.63) is 50.6 Å². The maximum Gasteiger partial charge on any atom is 0.269 e. The third-order valence-corrected chi connectivity index (χ3v) is 5.99. The number of aryl methyl sites for hydroxylation is 1. The Labute approximate surface area is 153 Å². The third-order valence-electron chi connectivity index (χ3n) is 4.91. The van der Waals surface area contributed by atoms with E-state index in [0.717, 1.165) is 36.4 Å². The van der Waals surface area contributed by atoms with E-state index < -0.39 is 4.92 Å². The molecule has 2 N–H and O–H groups in total. The first-order valence-corrected chi connectivity index (χ1v) is 9.50. The van der Waals surface area contributed by atoms with E-state index in [4.69, 9.17) is 0 Å². The van der Waals surface area contributed by atoms with Gasteiger partial charge >= 0.3 is 0 Å². The van der Waals surface area contributed by atoms with Crippen LogP contribution in [0.5, 0.6) is 5.88 Å². The van der Waals surface area contributed by atoms with Crippen molar-refractivity contribution in [1.29, 1.82) is 0 Å². The van der Waals surface area contributed by atoms with Crippen LogP contribution >= 0.6 is 11.3 Å². The highest BCUT2D eigenvalue weighted by atomic mass is 32.1. The maximum atomic E-state index is 11.0. The van der Waals surface area contributed by atoms with Crippen LogP contribution < -0.4 is 4.90 Å². The topological polar surface area (TPSA) is 98.0 Å². The van der Waals surface area contributed by atoms with Crippen LogP contribution in [0.25, 0.3) is 4.96 Å². The fourth-order valence-corrected chi connectivity index (χ4v) is 4.88. The van der Waals surface area contributed by atoms with Crippen LogP contribution in [0.3, 0.4) is 0 Å². The van der Waals surface area contributed by atoms with Crippen LogP contribution in [-0.4, -0.2) is 37.7 Å². The molecule has 0 saturated carbocycles. The molecule has 1 atom stereocenters. The zero-order chi connectivity index (χ0) is 18.3. The van der Waals surface area contributed by atoms with E-state index in [0.29, 0.717) is 10.8 Å². The van der Waals surface area contributed by atoms with Crippen molar-refractivity contribution < 1.29 is 14.9 Å². The first kappa shape index (κ1) is 16.9. The molecule has 2 aromatic heterocycles. The van der Waals surface area contributed by atoms with Gasteiger partial charge in [0.2, 0.25) is 10.8 Å². The highest BCUT2D eigenvalue weighted by Crippen LogP contribution is 2.35. The van der Waals surface area contributed by atoms with Crippen molar-refractivity contribution in [2.24, 2.45) is 0 Å². The molecule has 3 heterocycles. The molecular formula is C17H20N5O3S+. The summed E-state index contributed by atoms with van der Waals surface area (Å²) in [6.07, 6.45) is 3.50. The Morgan fingerprint density at radius 3 is 2.58 bits per heavy atom. The summed E-state index contributed by atoms with van der Waals surface area (Å²) in [5.41, 5.74) is 1.03. The fraction of sp³-hybridized carbons (Fsp3) is 0.412. The number of likely N-dealkylation sites (tertiary alicyclic amines) is 1. The van der Waals surface area contributed by atoms with Gasteiger partial charge in [0.25, 0.3) is 5.69 Å². The van der Waals surface area contributed by atoms with E-state index in [2.05, 4.69) is 10.1 Å². The van der Waals surface area contributed by atoms with Gasteiger partial charge in [-0.15, -0.1) is 5.10 Å². The second-order valence-electron chi connectivity index (χ2n) is 6.64. The van der Waals surface area contributed by atoms with Crippen LogP contribution in [-0.2, 0) is 0 Å². The van der Waals surface area contributed by atoms with Gasteiger partial charge in [0.05, 0.1) is 18.0 Å².